The van der Waals surface area contributed by atoms with E-state index in [2.05, 4.69) is 9.97 Å². The van der Waals surface area contributed by atoms with Crippen LogP contribution in [0.2, 0.25) is 0 Å². The van der Waals surface area contributed by atoms with Crippen LogP contribution in [0.15, 0.2) is 42.5 Å². The van der Waals surface area contributed by atoms with Crippen molar-refractivity contribution in [3.05, 3.63) is 59.8 Å². The van der Waals surface area contributed by atoms with Gasteiger partial charge in [0.15, 0.2) is 17.3 Å². The molecule has 0 radical (unpaired) electrons. The first kappa shape index (κ1) is 12.2. The van der Waals surface area contributed by atoms with Crippen LogP contribution in [0.3, 0.4) is 0 Å². The Morgan fingerprint density at radius 1 is 0.900 bits per heavy atom. The number of benzene rings is 2. The van der Waals surface area contributed by atoms with Crippen molar-refractivity contribution in [2.45, 2.75) is 0 Å². The Bertz CT molecular complexity index is 839. The van der Waals surface area contributed by atoms with Gasteiger partial charge in [0.05, 0.1) is 11.0 Å². The van der Waals surface area contributed by atoms with E-state index >= 15 is 0 Å². The number of fused-ring (bicyclic) bond motifs is 1. The van der Waals surface area contributed by atoms with E-state index in [-0.39, 0.29) is 16.7 Å². The summed E-state index contributed by atoms with van der Waals surface area (Å²) < 4.78 is 26.4. The summed E-state index contributed by atoms with van der Waals surface area (Å²) in [5.41, 5.74) is 1.49. The van der Waals surface area contributed by atoms with Crippen molar-refractivity contribution in [3.63, 3.8) is 0 Å². The van der Waals surface area contributed by atoms with E-state index in [9.17, 15) is 8.78 Å². The maximum Gasteiger partial charge on any atom is 0.167 e. The highest BCUT2D eigenvalue weighted by molar-refractivity contribution is 5.79. The number of halogens is 2. The van der Waals surface area contributed by atoms with Crippen LogP contribution in [0.4, 0.5) is 8.78 Å². The van der Waals surface area contributed by atoms with Gasteiger partial charge in [-0.15, -0.1) is 0 Å². The summed E-state index contributed by atoms with van der Waals surface area (Å²) in [4.78, 5) is 8.27. The molecule has 0 saturated heterocycles. The van der Waals surface area contributed by atoms with Gasteiger partial charge in [0, 0.05) is 17.7 Å². The minimum absolute atomic E-state index is 0.0784. The molecule has 0 aliphatic heterocycles. The minimum Gasteiger partial charge on any atom is -0.243 e. The summed E-state index contributed by atoms with van der Waals surface area (Å²) in [5.74, 6) is -2.00. The topological polar surface area (TPSA) is 49.6 Å². The first-order chi connectivity index (χ1) is 9.69. The van der Waals surface area contributed by atoms with Crippen molar-refractivity contribution >= 4 is 11.0 Å². The van der Waals surface area contributed by atoms with Crippen molar-refractivity contribution in [2.24, 2.45) is 0 Å². The molecule has 0 spiro atoms. The van der Waals surface area contributed by atoms with Crippen LogP contribution in [0, 0.1) is 23.0 Å². The van der Waals surface area contributed by atoms with Gasteiger partial charge in [0.2, 0.25) is 0 Å². The van der Waals surface area contributed by atoms with Crippen LogP contribution in [-0.4, -0.2) is 9.97 Å². The molecule has 3 aromatic rings. The average Bonchev–Trinajstić information content (AvgIpc) is 2.48. The molecule has 96 valence electrons. The monoisotopic (exact) mass is 267 g/mol. The van der Waals surface area contributed by atoms with Crippen LogP contribution in [-0.2, 0) is 0 Å². The third-order valence-corrected chi connectivity index (χ3v) is 2.86. The van der Waals surface area contributed by atoms with Crippen molar-refractivity contribution < 1.29 is 8.78 Å². The molecule has 0 unspecified atom stereocenters. The van der Waals surface area contributed by atoms with Crippen LogP contribution in [0.1, 0.15) is 5.69 Å². The largest absolute Gasteiger partial charge is 0.243 e. The fourth-order valence-electron chi connectivity index (χ4n) is 1.93. The summed E-state index contributed by atoms with van der Waals surface area (Å²) in [5, 5.41) is 9.14. The predicted molar refractivity (Wildman–Crippen MR) is 69.6 cm³/mol. The third kappa shape index (κ3) is 1.97. The first-order valence-electron chi connectivity index (χ1n) is 5.81. The van der Waals surface area contributed by atoms with Crippen molar-refractivity contribution in [3.8, 4) is 17.3 Å². The van der Waals surface area contributed by atoms with E-state index in [4.69, 9.17) is 5.26 Å². The molecule has 2 aromatic carbocycles. The minimum atomic E-state index is -1.01. The average molecular weight is 267 g/mol. The highest BCUT2D eigenvalue weighted by Crippen LogP contribution is 2.23. The van der Waals surface area contributed by atoms with Gasteiger partial charge in [0.25, 0.3) is 0 Å². The van der Waals surface area contributed by atoms with Gasteiger partial charge in [-0.25, -0.2) is 18.7 Å². The lowest BCUT2D eigenvalue weighted by Gasteiger charge is -2.05. The van der Waals surface area contributed by atoms with Gasteiger partial charge in [0.1, 0.15) is 11.8 Å². The standard InChI is InChI=1S/C15H7F2N3/c16-10-6-12-13(7-11(10)17)20-15(14(8-18)19-12)9-4-2-1-3-5-9/h1-7H. The van der Waals surface area contributed by atoms with Gasteiger partial charge in [-0.3, -0.25) is 0 Å². The molecule has 3 rings (SSSR count). The van der Waals surface area contributed by atoms with Crippen molar-refractivity contribution in [1.29, 1.82) is 5.26 Å². The lowest BCUT2D eigenvalue weighted by molar-refractivity contribution is 0.510. The highest BCUT2D eigenvalue weighted by Gasteiger charge is 2.13. The second kappa shape index (κ2) is 4.67. The second-order valence-electron chi connectivity index (χ2n) is 4.15. The molecule has 5 heteroatoms. The third-order valence-electron chi connectivity index (χ3n) is 2.86. The van der Waals surface area contributed by atoms with Gasteiger partial charge < -0.3 is 0 Å². The zero-order chi connectivity index (χ0) is 14.1. The van der Waals surface area contributed by atoms with Gasteiger partial charge in [-0.1, -0.05) is 30.3 Å². The van der Waals surface area contributed by atoms with Crippen molar-refractivity contribution in [1.82, 2.24) is 9.97 Å². The normalized spacial score (nSPS) is 10.4. The van der Waals surface area contributed by atoms with Gasteiger partial charge >= 0.3 is 0 Å². The molecule has 0 bridgehead atoms. The van der Waals surface area contributed by atoms with E-state index in [1.54, 1.807) is 24.3 Å². The molecule has 0 amide bonds. The van der Waals surface area contributed by atoms with Crippen LogP contribution < -0.4 is 0 Å². The lowest BCUT2D eigenvalue weighted by Crippen LogP contribution is -1.97. The lowest BCUT2D eigenvalue weighted by atomic mass is 10.1. The number of rotatable bonds is 1. The zero-order valence-electron chi connectivity index (χ0n) is 10.1. The Morgan fingerprint density at radius 2 is 1.50 bits per heavy atom. The van der Waals surface area contributed by atoms with E-state index in [1.807, 2.05) is 12.1 Å². The van der Waals surface area contributed by atoms with Gasteiger partial charge in [-0.2, -0.15) is 5.26 Å². The molecule has 20 heavy (non-hydrogen) atoms. The fraction of sp³-hybridized carbons (Fsp3) is 0. The number of nitriles is 1. The van der Waals surface area contributed by atoms with Crippen LogP contribution in [0.25, 0.3) is 22.3 Å². The van der Waals surface area contributed by atoms with E-state index in [0.717, 1.165) is 12.1 Å². The predicted octanol–water partition coefficient (Wildman–Crippen LogP) is 3.45. The molecule has 0 aliphatic carbocycles. The van der Waals surface area contributed by atoms with Crippen LogP contribution in [0.5, 0.6) is 0 Å². The van der Waals surface area contributed by atoms with E-state index in [1.165, 1.54) is 0 Å². The summed E-state index contributed by atoms with van der Waals surface area (Å²) in [7, 11) is 0. The summed E-state index contributed by atoms with van der Waals surface area (Å²) in [6.07, 6.45) is 0. The molecule has 0 atom stereocenters. The van der Waals surface area contributed by atoms with Crippen LogP contribution >= 0.6 is 0 Å². The zero-order valence-corrected chi connectivity index (χ0v) is 10.1. The molecule has 1 heterocycles. The Hall–Kier alpha value is -2.87. The number of hydrogen-bond donors (Lipinski definition) is 0. The molecule has 0 aliphatic rings. The molecular weight excluding hydrogens is 260 g/mol. The Morgan fingerprint density at radius 3 is 2.10 bits per heavy atom. The van der Waals surface area contributed by atoms with Crippen molar-refractivity contribution in [2.75, 3.05) is 0 Å². The Kier molecular flexibility index (Phi) is 2.84. The molecule has 0 fully saturated rings. The smallest absolute Gasteiger partial charge is 0.167 e. The molecule has 3 nitrogen and oxygen atoms in total. The summed E-state index contributed by atoms with van der Waals surface area (Å²) >= 11 is 0. The van der Waals surface area contributed by atoms with E-state index < -0.39 is 11.6 Å². The number of aromatic nitrogens is 2. The first-order valence-corrected chi connectivity index (χ1v) is 5.81. The maximum absolute atomic E-state index is 13.3. The second-order valence-corrected chi connectivity index (χ2v) is 4.15. The molecule has 0 saturated carbocycles. The summed E-state index contributed by atoms with van der Waals surface area (Å²) in [6.45, 7) is 0. The quantitative estimate of drug-likeness (QED) is 0.678. The Balaban J connectivity index is 2.33. The fourth-order valence-corrected chi connectivity index (χ4v) is 1.93. The highest BCUT2D eigenvalue weighted by atomic mass is 19.2. The Labute approximate surface area is 113 Å². The maximum atomic E-state index is 13.3. The molecular formula is C15H7F2N3. The number of hydrogen-bond acceptors (Lipinski definition) is 3. The van der Waals surface area contributed by atoms with E-state index in [0.29, 0.717) is 11.3 Å². The molecule has 0 N–H and O–H groups in total. The SMILES string of the molecule is N#Cc1nc2cc(F)c(F)cc2nc1-c1ccccc1. The summed E-state index contributed by atoms with van der Waals surface area (Å²) in [6, 6.07) is 12.8. The van der Waals surface area contributed by atoms with Gasteiger partial charge in [-0.05, 0) is 0 Å². The number of nitrogens with zero attached hydrogens (tertiary/aromatic N) is 3. The molecule has 1 aromatic heterocycles.